The minimum Gasteiger partial charge on any atom is -0.357 e. The van der Waals surface area contributed by atoms with Gasteiger partial charge in [-0.3, -0.25) is 9.10 Å². The number of nitrogens with one attached hydrogen (secondary N) is 1. The Morgan fingerprint density at radius 3 is 2.53 bits per heavy atom. The molecule has 0 saturated carbocycles. The third-order valence-electron chi connectivity index (χ3n) is 2.64. The number of amides is 1. The molecule has 0 saturated heterocycles. The highest BCUT2D eigenvalue weighted by molar-refractivity contribution is 7.92. The first-order valence-corrected chi connectivity index (χ1v) is 8.00. The van der Waals surface area contributed by atoms with Gasteiger partial charge in [0.2, 0.25) is 15.9 Å². The standard InChI is InChI=1S/C12H17ClN2O3S/c1-4-11(12(16)14-2)15(19(3,17)18)10-7-5-6-9(13)8-10/h5-8,11H,4H2,1-3H3,(H,14,16)/t11-/m1/s1. The van der Waals surface area contributed by atoms with Gasteiger partial charge >= 0.3 is 0 Å². The summed E-state index contributed by atoms with van der Waals surface area (Å²) in [6.45, 7) is 1.75. The summed E-state index contributed by atoms with van der Waals surface area (Å²) < 4.78 is 25.0. The number of halogens is 1. The zero-order valence-electron chi connectivity index (χ0n) is 11.1. The van der Waals surface area contributed by atoms with E-state index in [-0.39, 0.29) is 5.91 Å². The topological polar surface area (TPSA) is 66.5 Å². The number of hydrogen-bond acceptors (Lipinski definition) is 3. The molecular formula is C12H17ClN2O3S. The monoisotopic (exact) mass is 304 g/mol. The molecule has 1 rings (SSSR count). The molecule has 0 aliphatic rings. The maximum absolute atomic E-state index is 12.0. The molecule has 7 heteroatoms. The van der Waals surface area contributed by atoms with Gasteiger partial charge in [0.1, 0.15) is 6.04 Å². The number of anilines is 1. The van der Waals surface area contributed by atoms with Crippen LogP contribution in [0.3, 0.4) is 0 Å². The van der Waals surface area contributed by atoms with Crippen molar-refractivity contribution in [2.45, 2.75) is 19.4 Å². The Morgan fingerprint density at radius 2 is 2.11 bits per heavy atom. The van der Waals surface area contributed by atoms with Gasteiger partial charge in [-0.05, 0) is 24.6 Å². The first-order valence-electron chi connectivity index (χ1n) is 5.77. The summed E-state index contributed by atoms with van der Waals surface area (Å²) in [5, 5.41) is 2.89. The molecule has 0 fully saturated rings. The molecular weight excluding hydrogens is 288 g/mol. The van der Waals surface area contributed by atoms with Crippen LogP contribution in [0.15, 0.2) is 24.3 Å². The van der Waals surface area contributed by atoms with E-state index in [0.717, 1.165) is 10.6 Å². The summed E-state index contributed by atoms with van der Waals surface area (Å²) in [6, 6.07) is 5.63. The van der Waals surface area contributed by atoms with Crippen molar-refractivity contribution in [3.05, 3.63) is 29.3 Å². The fourth-order valence-corrected chi connectivity index (χ4v) is 3.23. The summed E-state index contributed by atoms with van der Waals surface area (Å²) in [7, 11) is -2.11. The zero-order valence-corrected chi connectivity index (χ0v) is 12.6. The number of sulfonamides is 1. The summed E-state index contributed by atoms with van der Waals surface area (Å²) in [4.78, 5) is 11.8. The zero-order chi connectivity index (χ0) is 14.6. The molecule has 0 aromatic heterocycles. The lowest BCUT2D eigenvalue weighted by Crippen LogP contribution is -2.48. The van der Waals surface area contributed by atoms with Crippen LogP contribution in [-0.4, -0.2) is 33.7 Å². The maximum Gasteiger partial charge on any atom is 0.243 e. The van der Waals surface area contributed by atoms with E-state index in [1.807, 2.05) is 0 Å². The fraction of sp³-hybridized carbons (Fsp3) is 0.417. The normalized spacial score (nSPS) is 12.8. The van der Waals surface area contributed by atoms with Crippen LogP contribution in [0.25, 0.3) is 0 Å². The van der Waals surface area contributed by atoms with Crippen molar-refractivity contribution in [2.24, 2.45) is 0 Å². The van der Waals surface area contributed by atoms with Crippen LogP contribution in [0.5, 0.6) is 0 Å². The van der Waals surface area contributed by atoms with Crippen LogP contribution >= 0.6 is 11.6 Å². The Kier molecular flexibility index (Phi) is 5.20. The van der Waals surface area contributed by atoms with Gasteiger partial charge in [-0.15, -0.1) is 0 Å². The summed E-state index contributed by atoms with van der Waals surface area (Å²) in [5.41, 5.74) is 0.380. The highest BCUT2D eigenvalue weighted by Gasteiger charge is 2.30. The van der Waals surface area contributed by atoms with Gasteiger partial charge in [-0.2, -0.15) is 0 Å². The van der Waals surface area contributed by atoms with Gasteiger partial charge in [-0.25, -0.2) is 8.42 Å². The van der Waals surface area contributed by atoms with Gasteiger partial charge in [0.25, 0.3) is 0 Å². The maximum atomic E-state index is 12.0. The lowest BCUT2D eigenvalue weighted by Gasteiger charge is -2.29. The van der Waals surface area contributed by atoms with E-state index >= 15 is 0 Å². The Morgan fingerprint density at radius 1 is 1.47 bits per heavy atom. The highest BCUT2D eigenvalue weighted by Crippen LogP contribution is 2.25. The smallest absolute Gasteiger partial charge is 0.243 e. The first-order chi connectivity index (χ1) is 8.81. The van der Waals surface area contributed by atoms with Crippen LogP contribution in [0, 0.1) is 0 Å². The first kappa shape index (κ1) is 15.8. The van der Waals surface area contributed by atoms with Crippen molar-refractivity contribution >= 4 is 33.2 Å². The summed E-state index contributed by atoms with van der Waals surface area (Å²) >= 11 is 5.88. The van der Waals surface area contributed by atoms with Gasteiger partial charge in [0, 0.05) is 12.1 Å². The predicted octanol–water partition coefficient (Wildman–Crippen LogP) is 1.63. The van der Waals surface area contributed by atoms with Gasteiger partial charge < -0.3 is 5.32 Å². The van der Waals surface area contributed by atoms with E-state index in [0.29, 0.717) is 17.1 Å². The fourth-order valence-electron chi connectivity index (χ4n) is 1.84. The molecule has 106 valence electrons. The number of hydrogen-bond donors (Lipinski definition) is 1. The SMILES string of the molecule is CC[C@H](C(=O)NC)N(c1cccc(Cl)c1)S(C)(=O)=O. The van der Waals surface area contributed by atoms with Gasteiger partial charge in [-0.1, -0.05) is 24.6 Å². The number of likely N-dealkylation sites (N-methyl/N-ethyl adjacent to an activating group) is 1. The molecule has 0 heterocycles. The third-order valence-corrected chi connectivity index (χ3v) is 4.05. The minimum absolute atomic E-state index is 0.354. The number of benzene rings is 1. The molecule has 19 heavy (non-hydrogen) atoms. The predicted molar refractivity (Wildman–Crippen MR) is 76.9 cm³/mol. The molecule has 0 radical (unpaired) electrons. The number of nitrogens with zero attached hydrogens (tertiary/aromatic N) is 1. The van der Waals surface area contributed by atoms with E-state index in [4.69, 9.17) is 11.6 Å². The minimum atomic E-state index is -3.59. The van der Waals surface area contributed by atoms with Crippen molar-refractivity contribution in [1.29, 1.82) is 0 Å². The Labute approximate surface area is 118 Å². The molecule has 0 aliphatic carbocycles. The molecule has 5 nitrogen and oxygen atoms in total. The molecule has 1 amide bonds. The molecule has 1 N–H and O–H groups in total. The molecule has 1 aromatic carbocycles. The average molecular weight is 305 g/mol. The summed E-state index contributed by atoms with van der Waals surface area (Å²) in [5.74, 6) is -0.354. The molecule has 0 aliphatic heterocycles. The quantitative estimate of drug-likeness (QED) is 0.899. The molecule has 0 spiro atoms. The Bertz CT molecular complexity index is 560. The second-order valence-electron chi connectivity index (χ2n) is 4.08. The Hall–Kier alpha value is -1.27. The second kappa shape index (κ2) is 6.25. The number of rotatable bonds is 5. The van der Waals surface area contributed by atoms with E-state index in [1.165, 1.54) is 13.1 Å². The largest absolute Gasteiger partial charge is 0.357 e. The summed E-state index contributed by atoms with van der Waals surface area (Å²) in [6.07, 6.45) is 1.43. The van der Waals surface area contributed by atoms with E-state index in [9.17, 15) is 13.2 Å². The lowest BCUT2D eigenvalue weighted by molar-refractivity contribution is -0.121. The van der Waals surface area contributed by atoms with Crippen LogP contribution in [0.2, 0.25) is 5.02 Å². The average Bonchev–Trinajstić information content (AvgIpc) is 2.33. The number of carbonyl (C=O) groups excluding carboxylic acids is 1. The molecule has 1 aromatic rings. The van der Waals surface area contributed by atoms with Crippen molar-refractivity contribution in [1.82, 2.24) is 5.32 Å². The molecule has 0 bridgehead atoms. The van der Waals surface area contributed by atoms with Crippen molar-refractivity contribution in [3.63, 3.8) is 0 Å². The van der Waals surface area contributed by atoms with Crippen molar-refractivity contribution in [3.8, 4) is 0 Å². The second-order valence-corrected chi connectivity index (χ2v) is 6.37. The van der Waals surface area contributed by atoms with Crippen LogP contribution < -0.4 is 9.62 Å². The van der Waals surface area contributed by atoms with E-state index < -0.39 is 16.1 Å². The Balaban J connectivity index is 3.34. The third kappa shape index (κ3) is 3.84. The van der Waals surface area contributed by atoms with Crippen LogP contribution in [0.1, 0.15) is 13.3 Å². The highest BCUT2D eigenvalue weighted by atomic mass is 35.5. The van der Waals surface area contributed by atoms with E-state index in [1.54, 1.807) is 25.1 Å². The van der Waals surface area contributed by atoms with Crippen LogP contribution in [-0.2, 0) is 14.8 Å². The van der Waals surface area contributed by atoms with Crippen LogP contribution in [0.4, 0.5) is 5.69 Å². The molecule has 1 atom stereocenters. The van der Waals surface area contributed by atoms with Gasteiger partial charge in [0.15, 0.2) is 0 Å². The molecule has 0 unspecified atom stereocenters. The number of carbonyl (C=O) groups is 1. The van der Waals surface area contributed by atoms with Gasteiger partial charge in [0.05, 0.1) is 11.9 Å². The van der Waals surface area contributed by atoms with Crippen molar-refractivity contribution < 1.29 is 13.2 Å². The van der Waals surface area contributed by atoms with E-state index in [2.05, 4.69) is 5.32 Å². The lowest BCUT2D eigenvalue weighted by atomic mass is 10.2. The van der Waals surface area contributed by atoms with Crippen molar-refractivity contribution in [2.75, 3.05) is 17.6 Å².